The molecule has 0 aromatic heterocycles. The van der Waals surface area contributed by atoms with Gasteiger partial charge in [-0.25, -0.2) is 4.90 Å². The molecule has 2 aliphatic heterocycles. The summed E-state index contributed by atoms with van der Waals surface area (Å²) in [4.78, 5) is 53.0. The minimum Gasteiger partial charge on any atom is -0.480 e. The summed E-state index contributed by atoms with van der Waals surface area (Å²) in [6.07, 6.45) is -0.0343. The van der Waals surface area contributed by atoms with E-state index in [2.05, 4.69) is 5.32 Å². The number of hydrogen-bond acceptors (Lipinski definition) is 6. The Bertz CT molecular complexity index is 1650. The van der Waals surface area contributed by atoms with Gasteiger partial charge >= 0.3 is 5.97 Å². The summed E-state index contributed by atoms with van der Waals surface area (Å²) in [6.45, 7) is 0. The molecule has 4 aromatic rings. The van der Waals surface area contributed by atoms with Gasteiger partial charge in [0.05, 0.1) is 22.4 Å². The number of carboxylic acid groups (broad SMARTS) is 1. The number of amides is 2. The van der Waals surface area contributed by atoms with Crippen molar-refractivity contribution >= 4 is 39.9 Å². The maximum absolute atomic E-state index is 14.1. The van der Waals surface area contributed by atoms with E-state index in [1.807, 2.05) is 48.5 Å². The number of aliphatic carboxylic acids is 1. The number of nitrogens with one attached hydrogen (secondary N) is 1. The number of nitro groups is 1. The van der Waals surface area contributed by atoms with Crippen molar-refractivity contribution in [3.8, 4) is 0 Å². The highest BCUT2D eigenvalue weighted by Crippen LogP contribution is 2.52. The summed E-state index contributed by atoms with van der Waals surface area (Å²) in [5, 5.41) is 27.1. The number of anilines is 1. The molecule has 4 atom stereocenters. The van der Waals surface area contributed by atoms with E-state index in [-0.39, 0.29) is 17.8 Å². The van der Waals surface area contributed by atoms with Crippen LogP contribution in [0.3, 0.4) is 0 Å². The van der Waals surface area contributed by atoms with Crippen molar-refractivity contribution in [1.82, 2.24) is 5.32 Å². The van der Waals surface area contributed by atoms with Crippen LogP contribution >= 0.6 is 0 Å². The Morgan fingerprint density at radius 1 is 0.923 bits per heavy atom. The van der Waals surface area contributed by atoms with Gasteiger partial charge in [-0.3, -0.25) is 29.8 Å². The summed E-state index contributed by atoms with van der Waals surface area (Å²) in [6, 6.07) is 26.6. The Labute approximate surface area is 222 Å². The third-order valence-electron chi connectivity index (χ3n) is 7.82. The average molecular weight is 522 g/mol. The average Bonchev–Trinajstić information content (AvgIpc) is 3.42. The van der Waals surface area contributed by atoms with Crippen LogP contribution in [0.5, 0.6) is 0 Å². The second-order valence-electron chi connectivity index (χ2n) is 9.92. The molecular formula is C30H23N3O6. The van der Waals surface area contributed by atoms with Gasteiger partial charge < -0.3 is 5.11 Å². The number of nitrogens with zero attached hydrogens (tertiary/aromatic N) is 2. The first kappa shape index (κ1) is 24.4. The Hall–Kier alpha value is -4.89. The first-order valence-electron chi connectivity index (χ1n) is 12.5. The molecule has 2 saturated heterocycles. The van der Waals surface area contributed by atoms with Crippen molar-refractivity contribution in [2.75, 3.05) is 4.90 Å². The predicted molar refractivity (Wildman–Crippen MR) is 143 cm³/mol. The van der Waals surface area contributed by atoms with E-state index in [0.29, 0.717) is 11.1 Å². The Balaban J connectivity index is 1.54. The van der Waals surface area contributed by atoms with Crippen LogP contribution in [0.2, 0.25) is 0 Å². The van der Waals surface area contributed by atoms with Crippen molar-refractivity contribution in [1.29, 1.82) is 0 Å². The molecule has 6 rings (SSSR count). The molecule has 2 heterocycles. The van der Waals surface area contributed by atoms with Gasteiger partial charge in [0, 0.05) is 24.6 Å². The van der Waals surface area contributed by atoms with Crippen molar-refractivity contribution in [3.63, 3.8) is 0 Å². The quantitative estimate of drug-likeness (QED) is 0.220. The zero-order valence-corrected chi connectivity index (χ0v) is 20.6. The van der Waals surface area contributed by atoms with Gasteiger partial charge in [-0.15, -0.1) is 0 Å². The number of non-ortho nitro benzene ring substituents is 1. The summed E-state index contributed by atoms with van der Waals surface area (Å²) >= 11 is 0. The van der Waals surface area contributed by atoms with E-state index in [9.17, 15) is 29.6 Å². The fourth-order valence-electron chi connectivity index (χ4n) is 6.14. The zero-order valence-electron chi connectivity index (χ0n) is 20.6. The topological polar surface area (TPSA) is 130 Å². The summed E-state index contributed by atoms with van der Waals surface area (Å²) in [7, 11) is 0. The highest BCUT2D eigenvalue weighted by molar-refractivity contribution is 6.24. The van der Waals surface area contributed by atoms with Gasteiger partial charge in [-0.05, 0) is 28.0 Å². The van der Waals surface area contributed by atoms with E-state index < -0.39 is 46.1 Å². The highest BCUT2D eigenvalue weighted by atomic mass is 16.6. The van der Waals surface area contributed by atoms with E-state index >= 15 is 0 Å². The lowest BCUT2D eigenvalue weighted by Gasteiger charge is -2.31. The molecule has 0 aliphatic carbocycles. The predicted octanol–water partition coefficient (Wildman–Crippen LogP) is 4.26. The lowest BCUT2D eigenvalue weighted by molar-refractivity contribution is -0.384. The number of hydrogen-bond donors (Lipinski definition) is 2. The fraction of sp³-hybridized carbons (Fsp3) is 0.167. The van der Waals surface area contributed by atoms with Gasteiger partial charge in [0.2, 0.25) is 11.8 Å². The second-order valence-corrected chi connectivity index (χ2v) is 9.92. The van der Waals surface area contributed by atoms with E-state index in [0.717, 1.165) is 21.7 Å². The summed E-state index contributed by atoms with van der Waals surface area (Å²) < 4.78 is 0. The molecule has 9 heteroatoms. The van der Waals surface area contributed by atoms with Crippen LogP contribution in [0, 0.1) is 22.0 Å². The SMILES string of the molecule is O=C1C2C(c3cccc4ccccc34)NC(Cc3ccccc3)(C(=O)O)C2C(=O)N1c1cccc([N+](=O)[O-])c1. The fourth-order valence-corrected chi connectivity index (χ4v) is 6.14. The van der Waals surface area contributed by atoms with Gasteiger partial charge in [-0.1, -0.05) is 78.9 Å². The summed E-state index contributed by atoms with van der Waals surface area (Å²) in [5.41, 5.74) is -0.623. The number of imide groups is 1. The van der Waals surface area contributed by atoms with Crippen LogP contribution in [-0.2, 0) is 20.8 Å². The molecule has 0 spiro atoms. The van der Waals surface area contributed by atoms with Crippen LogP contribution in [0.4, 0.5) is 11.4 Å². The number of nitro benzene ring substituents is 1. The largest absolute Gasteiger partial charge is 0.480 e. The minimum absolute atomic E-state index is 0.0343. The maximum atomic E-state index is 14.1. The van der Waals surface area contributed by atoms with Crippen LogP contribution < -0.4 is 10.2 Å². The van der Waals surface area contributed by atoms with Crippen LogP contribution in [0.25, 0.3) is 10.8 Å². The third-order valence-corrected chi connectivity index (χ3v) is 7.82. The molecule has 39 heavy (non-hydrogen) atoms. The maximum Gasteiger partial charge on any atom is 0.325 e. The highest BCUT2D eigenvalue weighted by Gasteiger charge is 2.68. The Morgan fingerprint density at radius 3 is 2.36 bits per heavy atom. The monoisotopic (exact) mass is 521 g/mol. The number of carboxylic acids is 1. The number of carbonyl (C=O) groups is 3. The van der Waals surface area contributed by atoms with Gasteiger partial charge in [0.15, 0.2) is 0 Å². The van der Waals surface area contributed by atoms with Crippen LogP contribution in [0.1, 0.15) is 17.2 Å². The van der Waals surface area contributed by atoms with E-state index in [1.165, 1.54) is 18.2 Å². The Morgan fingerprint density at radius 2 is 1.62 bits per heavy atom. The molecule has 194 valence electrons. The standard InChI is InChI=1S/C30H23N3O6/c34-27-24-25(28(35)32(27)20-12-7-13-21(16-20)33(38)39)30(29(36)37,17-18-8-2-1-3-9-18)31-26(24)23-15-6-11-19-10-4-5-14-22(19)23/h1-16,24-26,31H,17H2,(H,36,37). The number of benzene rings is 4. The first-order chi connectivity index (χ1) is 18.8. The van der Waals surface area contributed by atoms with Crippen LogP contribution in [-0.4, -0.2) is 33.4 Å². The lowest BCUT2D eigenvalue weighted by atomic mass is 9.76. The number of rotatable bonds is 6. The van der Waals surface area contributed by atoms with Gasteiger partial charge in [0.1, 0.15) is 5.54 Å². The smallest absolute Gasteiger partial charge is 0.325 e. The van der Waals surface area contributed by atoms with Crippen molar-refractivity contribution in [3.05, 3.63) is 118 Å². The minimum atomic E-state index is -1.80. The molecule has 0 bridgehead atoms. The number of carbonyl (C=O) groups excluding carboxylic acids is 2. The molecule has 2 N–H and O–H groups in total. The molecule has 2 fully saturated rings. The van der Waals surface area contributed by atoms with Gasteiger partial charge in [-0.2, -0.15) is 0 Å². The molecular weight excluding hydrogens is 498 g/mol. The molecule has 4 unspecified atom stereocenters. The van der Waals surface area contributed by atoms with Crippen molar-refractivity contribution in [2.24, 2.45) is 11.8 Å². The molecule has 0 saturated carbocycles. The van der Waals surface area contributed by atoms with Crippen molar-refractivity contribution in [2.45, 2.75) is 18.0 Å². The second kappa shape index (κ2) is 9.14. The molecule has 4 aromatic carbocycles. The third kappa shape index (κ3) is 3.78. The zero-order chi connectivity index (χ0) is 27.3. The van der Waals surface area contributed by atoms with Crippen molar-refractivity contribution < 1.29 is 24.4 Å². The van der Waals surface area contributed by atoms with E-state index in [4.69, 9.17) is 0 Å². The Kier molecular flexibility index (Phi) is 5.73. The molecule has 0 radical (unpaired) electrons. The van der Waals surface area contributed by atoms with Crippen LogP contribution in [0.15, 0.2) is 97.1 Å². The number of fused-ring (bicyclic) bond motifs is 2. The van der Waals surface area contributed by atoms with E-state index in [1.54, 1.807) is 24.3 Å². The molecule has 2 amide bonds. The summed E-state index contributed by atoms with van der Waals surface area (Å²) in [5.74, 6) is -4.81. The van der Waals surface area contributed by atoms with Gasteiger partial charge in [0.25, 0.3) is 5.69 Å². The normalized spacial score (nSPS) is 24.2. The first-order valence-corrected chi connectivity index (χ1v) is 12.5. The molecule has 2 aliphatic rings. The molecule has 9 nitrogen and oxygen atoms in total. The lowest BCUT2D eigenvalue weighted by Crippen LogP contribution is -2.57.